The Bertz CT molecular complexity index is 751. The molecule has 1 fully saturated rings. The van der Waals surface area contributed by atoms with Gasteiger partial charge >= 0.3 is 0 Å². The fourth-order valence-corrected chi connectivity index (χ4v) is 3.19. The zero-order valence-corrected chi connectivity index (χ0v) is 14.4. The zero-order chi connectivity index (χ0) is 17.5. The summed E-state index contributed by atoms with van der Waals surface area (Å²) < 4.78 is 1.96. The minimum atomic E-state index is -1.12. The van der Waals surface area contributed by atoms with Crippen LogP contribution in [-0.2, 0) is 11.3 Å². The maximum absolute atomic E-state index is 12.7. The third-order valence-corrected chi connectivity index (χ3v) is 4.85. The largest absolute Gasteiger partial charge is 0.388 e. The van der Waals surface area contributed by atoms with Gasteiger partial charge in [0.25, 0.3) is 0 Å². The summed E-state index contributed by atoms with van der Waals surface area (Å²) in [7, 11) is 0. The van der Waals surface area contributed by atoms with E-state index in [-0.39, 0.29) is 24.9 Å². The average Bonchev–Trinajstić information content (AvgIpc) is 2.89. The summed E-state index contributed by atoms with van der Waals surface area (Å²) in [6.07, 6.45) is -0.541. The van der Waals surface area contributed by atoms with Gasteiger partial charge in [0.05, 0.1) is 22.7 Å². The molecule has 0 radical (unpaired) electrons. The van der Waals surface area contributed by atoms with E-state index in [0.717, 1.165) is 16.9 Å². The molecular weight excluding hydrogens is 306 g/mol. The van der Waals surface area contributed by atoms with E-state index >= 15 is 0 Å². The number of hydrogen-bond acceptors (Lipinski definition) is 4. The smallest absolute Gasteiger partial charge is 0.242 e. The molecule has 1 aromatic heterocycles. The number of carbonyl (C=O) groups excluding carboxylic acids is 1. The van der Waals surface area contributed by atoms with Crippen LogP contribution in [0.5, 0.6) is 0 Å². The Kier molecular flexibility index (Phi) is 4.36. The number of fused-ring (bicyclic) bond motifs is 1. The summed E-state index contributed by atoms with van der Waals surface area (Å²) in [6, 6.07) is 7.80. The second-order valence-electron chi connectivity index (χ2n) is 7.16. The standard InChI is InChI=1S/C18H25N3O3/c1-12(2)17-19-13-6-4-5-7-14(13)21(17)11-16(23)20-9-8-18(3,24)15(22)10-20/h4-7,12,15,22,24H,8-11H2,1-3H3/t15-,18-/m1/s1. The number of para-hydroxylation sites is 2. The maximum Gasteiger partial charge on any atom is 0.242 e. The Morgan fingerprint density at radius 2 is 2.12 bits per heavy atom. The van der Waals surface area contributed by atoms with Gasteiger partial charge in [0.2, 0.25) is 5.91 Å². The number of benzene rings is 1. The molecule has 1 aliphatic heterocycles. The van der Waals surface area contributed by atoms with Crippen molar-refractivity contribution in [3.8, 4) is 0 Å². The molecule has 0 bridgehead atoms. The average molecular weight is 331 g/mol. The fraction of sp³-hybridized carbons (Fsp3) is 0.556. The number of hydrogen-bond donors (Lipinski definition) is 2. The van der Waals surface area contributed by atoms with Crippen molar-refractivity contribution < 1.29 is 15.0 Å². The molecule has 2 atom stereocenters. The van der Waals surface area contributed by atoms with E-state index in [2.05, 4.69) is 18.8 Å². The lowest BCUT2D eigenvalue weighted by Crippen LogP contribution is -2.55. The molecule has 0 unspecified atom stereocenters. The summed E-state index contributed by atoms with van der Waals surface area (Å²) in [5.74, 6) is 1.03. The highest BCUT2D eigenvalue weighted by atomic mass is 16.3. The van der Waals surface area contributed by atoms with Crippen LogP contribution in [-0.4, -0.2) is 55.4 Å². The maximum atomic E-state index is 12.7. The van der Waals surface area contributed by atoms with Gasteiger partial charge in [-0.15, -0.1) is 0 Å². The van der Waals surface area contributed by atoms with Gasteiger partial charge in [-0.2, -0.15) is 0 Å². The van der Waals surface area contributed by atoms with Crippen molar-refractivity contribution in [3.05, 3.63) is 30.1 Å². The van der Waals surface area contributed by atoms with E-state index in [1.807, 2.05) is 28.8 Å². The molecule has 3 rings (SSSR count). The number of aromatic nitrogens is 2. The number of aliphatic hydroxyl groups excluding tert-OH is 1. The van der Waals surface area contributed by atoms with Crippen molar-refractivity contribution in [1.82, 2.24) is 14.5 Å². The van der Waals surface area contributed by atoms with E-state index in [1.54, 1.807) is 11.8 Å². The Labute approximate surface area is 141 Å². The van der Waals surface area contributed by atoms with Crippen molar-refractivity contribution in [2.75, 3.05) is 13.1 Å². The second kappa shape index (κ2) is 6.18. The van der Waals surface area contributed by atoms with Gasteiger partial charge in [-0.3, -0.25) is 4.79 Å². The first kappa shape index (κ1) is 16.9. The summed E-state index contributed by atoms with van der Waals surface area (Å²) >= 11 is 0. The van der Waals surface area contributed by atoms with Gasteiger partial charge in [-0.05, 0) is 25.5 Å². The van der Waals surface area contributed by atoms with E-state index < -0.39 is 11.7 Å². The quantitative estimate of drug-likeness (QED) is 0.893. The highest BCUT2D eigenvalue weighted by molar-refractivity contribution is 5.81. The highest BCUT2D eigenvalue weighted by Gasteiger charge is 2.38. The molecule has 1 aliphatic rings. The van der Waals surface area contributed by atoms with Crippen LogP contribution in [0, 0.1) is 0 Å². The van der Waals surface area contributed by atoms with Gasteiger partial charge in [-0.1, -0.05) is 26.0 Å². The first-order chi connectivity index (χ1) is 11.3. The van der Waals surface area contributed by atoms with Crippen molar-refractivity contribution in [1.29, 1.82) is 0 Å². The number of amides is 1. The third-order valence-electron chi connectivity index (χ3n) is 4.85. The van der Waals surface area contributed by atoms with Gasteiger partial charge < -0.3 is 19.7 Å². The van der Waals surface area contributed by atoms with Gasteiger partial charge in [0.1, 0.15) is 12.4 Å². The van der Waals surface area contributed by atoms with Crippen LogP contribution in [0.3, 0.4) is 0 Å². The molecule has 6 heteroatoms. The van der Waals surface area contributed by atoms with Crippen LogP contribution in [0.25, 0.3) is 11.0 Å². The van der Waals surface area contributed by atoms with E-state index in [4.69, 9.17) is 0 Å². The lowest BCUT2D eigenvalue weighted by atomic mass is 9.91. The van der Waals surface area contributed by atoms with Crippen LogP contribution < -0.4 is 0 Å². The fourth-order valence-electron chi connectivity index (χ4n) is 3.19. The molecule has 1 saturated heterocycles. The predicted octanol–water partition coefficient (Wildman–Crippen LogP) is 1.50. The van der Waals surface area contributed by atoms with Crippen LogP contribution >= 0.6 is 0 Å². The van der Waals surface area contributed by atoms with Crippen LogP contribution in [0.4, 0.5) is 0 Å². The third kappa shape index (κ3) is 3.03. The van der Waals surface area contributed by atoms with E-state index in [9.17, 15) is 15.0 Å². The van der Waals surface area contributed by atoms with Crippen LogP contribution in [0.2, 0.25) is 0 Å². The molecule has 130 valence electrons. The normalized spacial score (nSPS) is 24.8. The SMILES string of the molecule is CC(C)c1nc2ccccc2n1CC(=O)N1CC[C@@](C)(O)[C@H](O)C1. The minimum Gasteiger partial charge on any atom is -0.388 e. The zero-order valence-electron chi connectivity index (χ0n) is 14.4. The molecule has 1 aromatic carbocycles. The number of rotatable bonds is 3. The summed E-state index contributed by atoms with van der Waals surface area (Å²) in [6.45, 7) is 6.54. The summed E-state index contributed by atoms with van der Waals surface area (Å²) in [4.78, 5) is 19.0. The van der Waals surface area contributed by atoms with Gasteiger partial charge in [0, 0.05) is 19.0 Å². The first-order valence-electron chi connectivity index (χ1n) is 8.43. The predicted molar refractivity (Wildman–Crippen MR) is 91.6 cm³/mol. The Hall–Kier alpha value is -1.92. The Morgan fingerprint density at radius 3 is 2.79 bits per heavy atom. The van der Waals surface area contributed by atoms with Crippen LogP contribution in [0.15, 0.2) is 24.3 Å². The number of nitrogens with zero attached hydrogens (tertiary/aromatic N) is 3. The molecule has 0 aliphatic carbocycles. The molecule has 0 spiro atoms. The number of imidazole rings is 1. The number of carbonyl (C=O) groups is 1. The molecule has 1 amide bonds. The van der Waals surface area contributed by atoms with E-state index in [1.165, 1.54) is 0 Å². The lowest BCUT2D eigenvalue weighted by molar-refractivity contribution is -0.146. The molecule has 2 heterocycles. The topological polar surface area (TPSA) is 78.6 Å². The monoisotopic (exact) mass is 331 g/mol. The van der Waals surface area contributed by atoms with Crippen molar-refractivity contribution in [3.63, 3.8) is 0 Å². The molecule has 24 heavy (non-hydrogen) atoms. The Morgan fingerprint density at radius 1 is 1.42 bits per heavy atom. The molecule has 0 saturated carbocycles. The highest BCUT2D eigenvalue weighted by Crippen LogP contribution is 2.24. The van der Waals surface area contributed by atoms with Gasteiger partial charge in [0.15, 0.2) is 0 Å². The second-order valence-corrected chi connectivity index (χ2v) is 7.16. The summed E-state index contributed by atoms with van der Waals surface area (Å²) in [5, 5.41) is 20.1. The van der Waals surface area contributed by atoms with E-state index in [0.29, 0.717) is 13.0 Å². The number of aliphatic hydroxyl groups is 2. The Balaban J connectivity index is 1.85. The number of β-amino-alcohol motifs (C(OH)–C–C–N with tert-alkyl or cyclic N) is 1. The van der Waals surface area contributed by atoms with Crippen molar-refractivity contribution in [2.24, 2.45) is 0 Å². The molecule has 6 nitrogen and oxygen atoms in total. The molecular formula is C18H25N3O3. The van der Waals surface area contributed by atoms with Crippen molar-refractivity contribution in [2.45, 2.75) is 51.4 Å². The van der Waals surface area contributed by atoms with Gasteiger partial charge in [-0.25, -0.2) is 4.98 Å². The van der Waals surface area contributed by atoms with Crippen molar-refractivity contribution >= 4 is 16.9 Å². The first-order valence-corrected chi connectivity index (χ1v) is 8.43. The molecule has 2 N–H and O–H groups in total. The summed E-state index contributed by atoms with van der Waals surface area (Å²) in [5.41, 5.74) is 0.705. The van der Waals surface area contributed by atoms with Crippen LogP contribution in [0.1, 0.15) is 38.9 Å². The molecule has 2 aromatic rings. The minimum absolute atomic E-state index is 0.0606. The number of likely N-dealkylation sites (tertiary alicyclic amines) is 1. The number of piperidine rings is 1. The lowest BCUT2D eigenvalue weighted by Gasteiger charge is -2.40.